The van der Waals surface area contributed by atoms with E-state index in [2.05, 4.69) is 40.9 Å². The average Bonchev–Trinajstić information content (AvgIpc) is 3.29. The van der Waals surface area contributed by atoms with Crippen molar-refractivity contribution < 1.29 is 47.8 Å². The molecule has 0 aromatic heterocycles. The fraction of sp³-hybridized carbons (Fsp3) is 0.630. The molecule has 0 spiro atoms. The van der Waals surface area contributed by atoms with Crippen LogP contribution in [0.4, 0.5) is 0 Å². The third-order valence-corrected chi connectivity index (χ3v) is 15.5. The third kappa shape index (κ3) is 11.2. The fourth-order valence-electron chi connectivity index (χ4n) is 11.4. The molecular weight excluding hydrogens is 837 g/mol. The largest absolute Gasteiger partial charge is 0.454 e. The molecule has 12 nitrogen and oxygen atoms in total. The number of aldehydes is 2. The van der Waals surface area contributed by atoms with Crippen molar-refractivity contribution >= 4 is 47.9 Å². The maximum Gasteiger partial charge on any atom is 0.333 e. The van der Waals surface area contributed by atoms with Crippen LogP contribution in [0.2, 0.25) is 0 Å². The molecule has 12 heteroatoms. The second kappa shape index (κ2) is 22.2. The van der Waals surface area contributed by atoms with Gasteiger partial charge in [-0.25, -0.2) is 9.59 Å². The van der Waals surface area contributed by atoms with E-state index in [0.29, 0.717) is 60.5 Å². The van der Waals surface area contributed by atoms with E-state index in [0.717, 1.165) is 38.5 Å². The number of fused-ring (bicyclic) bond motifs is 2. The first-order chi connectivity index (χ1) is 31.2. The normalized spacial score (nSPS) is 30.1. The van der Waals surface area contributed by atoms with Gasteiger partial charge in [0.15, 0.2) is 11.6 Å². The minimum absolute atomic E-state index is 0.129. The highest BCUT2D eigenvalue weighted by atomic mass is 16.5. The number of esters is 2. The van der Waals surface area contributed by atoms with E-state index in [-0.39, 0.29) is 85.4 Å². The predicted octanol–water partition coefficient (Wildman–Crippen LogP) is 8.40. The maximum atomic E-state index is 14.7. The number of rotatable bonds is 18. The van der Waals surface area contributed by atoms with Gasteiger partial charge in [0.05, 0.1) is 11.8 Å². The molecule has 3 fully saturated rings. The average molecular weight is 911 g/mol. The van der Waals surface area contributed by atoms with Gasteiger partial charge in [0, 0.05) is 60.0 Å². The summed E-state index contributed by atoms with van der Waals surface area (Å²) in [6, 6.07) is 0. The number of ketones is 2. The summed E-state index contributed by atoms with van der Waals surface area (Å²) in [7, 11) is 0. The summed E-state index contributed by atoms with van der Waals surface area (Å²) in [5.74, 6) is -4.20. The maximum absolute atomic E-state index is 14.7. The van der Waals surface area contributed by atoms with Crippen LogP contribution in [-0.2, 0) is 47.8 Å². The molecule has 0 aromatic carbocycles. The highest BCUT2D eigenvalue weighted by Gasteiger charge is 2.56. The molecule has 2 saturated carbocycles. The molecule has 10 atom stereocenters. The quantitative estimate of drug-likeness (QED) is 0.0742. The Morgan fingerprint density at radius 2 is 1.02 bits per heavy atom. The van der Waals surface area contributed by atoms with E-state index in [1.54, 1.807) is 23.6 Å². The van der Waals surface area contributed by atoms with Crippen LogP contribution >= 0.6 is 0 Å². The van der Waals surface area contributed by atoms with E-state index < -0.39 is 58.6 Å². The lowest BCUT2D eigenvalue weighted by atomic mass is 9.56. The Labute approximate surface area is 392 Å². The summed E-state index contributed by atoms with van der Waals surface area (Å²) in [6.45, 7) is 24.4. The van der Waals surface area contributed by atoms with Crippen molar-refractivity contribution in [1.29, 1.82) is 0 Å². The van der Waals surface area contributed by atoms with Crippen molar-refractivity contribution in [2.75, 3.05) is 26.2 Å². The Hall–Kier alpha value is -5.00. The van der Waals surface area contributed by atoms with E-state index in [1.165, 1.54) is 12.2 Å². The molecule has 2 amide bonds. The van der Waals surface area contributed by atoms with E-state index in [9.17, 15) is 38.4 Å². The van der Waals surface area contributed by atoms with Crippen LogP contribution in [0, 0.1) is 46.3 Å². The predicted molar refractivity (Wildman–Crippen MR) is 252 cm³/mol. The number of unbranched alkanes of at least 4 members (excludes halogenated alkanes) is 2. The van der Waals surface area contributed by atoms with Gasteiger partial charge >= 0.3 is 11.9 Å². The molecule has 2 unspecified atom stereocenters. The lowest BCUT2D eigenvalue weighted by molar-refractivity contribution is -0.155. The van der Waals surface area contributed by atoms with Crippen molar-refractivity contribution in [3.63, 3.8) is 0 Å². The number of allylic oxidation sites excluding steroid dienone is 6. The zero-order valence-electron chi connectivity index (χ0n) is 40.8. The number of piperazine rings is 1. The number of nitrogens with zero attached hydrogens (tertiary/aromatic N) is 2. The summed E-state index contributed by atoms with van der Waals surface area (Å²) < 4.78 is 12.2. The number of hydrogen-bond acceptors (Lipinski definition) is 10. The molecule has 5 aliphatic rings. The first-order valence-corrected chi connectivity index (χ1v) is 24.4. The summed E-state index contributed by atoms with van der Waals surface area (Å²) in [5.41, 5.74) is 0.561. The van der Waals surface area contributed by atoms with Gasteiger partial charge in [0.1, 0.15) is 24.8 Å². The summed E-state index contributed by atoms with van der Waals surface area (Å²) >= 11 is 0. The highest BCUT2D eigenvalue weighted by molar-refractivity contribution is 6.01. The molecule has 5 rings (SSSR count). The monoisotopic (exact) mass is 911 g/mol. The van der Waals surface area contributed by atoms with E-state index in [1.807, 2.05) is 26.0 Å². The standard InChI is InChI=1S/C54H74N2O10/c1-11-13-15-33(3)25-35(5)51(63)65-47-19-17-41(53(9)29-39(37(7)31-57)45(59)27-43(47)53)49(61)55-21-23-56(24-22-55)50(62)42-18-20-48(66-52(64)36(6)26-34(4)16-14-12-2)44-28-46(60)40(38(8)32-58)30-54(42,44)10/h25-28,31-34,39-42,47-48H,7-8,11-24,29-30H2,1-6,9-10H3/b35-25+,36-26+/t33?,34?,39-,40-,41+,42+,47+,48+,53+,54+/m0/s1. The topological polar surface area (TPSA) is 162 Å². The molecule has 66 heavy (non-hydrogen) atoms. The lowest BCUT2D eigenvalue weighted by Gasteiger charge is -2.51. The molecule has 1 saturated heterocycles. The molecule has 0 N–H and O–H groups in total. The van der Waals surface area contributed by atoms with Crippen LogP contribution < -0.4 is 0 Å². The lowest BCUT2D eigenvalue weighted by Crippen LogP contribution is -2.58. The summed E-state index contributed by atoms with van der Waals surface area (Å²) in [6.07, 6.45) is 14.4. The van der Waals surface area contributed by atoms with Crippen LogP contribution in [-0.4, -0.2) is 96.1 Å². The van der Waals surface area contributed by atoms with Crippen molar-refractivity contribution in [3.8, 4) is 0 Å². The number of hydrogen-bond donors (Lipinski definition) is 0. The van der Waals surface area contributed by atoms with Gasteiger partial charge in [-0.05, 0) is 111 Å². The van der Waals surface area contributed by atoms with Crippen LogP contribution in [0.5, 0.6) is 0 Å². The van der Waals surface area contributed by atoms with Crippen molar-refractivity contribution in [2.24, 2.45) is 46.3 Å². The number of carbonyl (C=O) groups excluding carboxylic acids is 8. The van der Waals surface area contributed by atoms with Gasteiger partial charge in [0.2, 0.25) is 11.8 Å². The number of ether oxygens (including phenoxy) is 2. The Morgan fingerprint density at radius 3 is 1.33 bits per heavy atom. The molecule has 0 aromatic rings. The SMILES string of the molecule is C=C(C=O)[C@@H]1C[C@@]2(C)C(=CC1=O)[C@H](OC(=O)/C(C)=C/C(C)CCCC)CC[C@@H]2C(=O)N1CCN(C(=O)[C@H]2CC[C@@H](OC(=O)/C(C)=C/C(C)CCCC)C3=CC(=O)[C@H](C(=C)C=O)C[C@@]32C)CC1. The first-order valence-electron chi connectivity index (χ1n) is 24.4. The number of amides is 2. The molecule has 0 radical (unpaired) electrons. The van der Waals surface area contributed by atoms with Crippen molar-refractivity contribution in [3.05, 3.63) is 70.9 Å². The van der Waals surface area contributed by atoms with Gasteiger partial charge in [-0.15, -0.1) is 0 Å². The molecule has 1 heterocycles. The number of carbonyl (C=O) groups is 8. The van der Waals surface area contributed by atoms with Gasteiger partial charge in [-0.1, -0.05) is 92.5 Å². The second-order valence-electron chi connectivity index (χ2n) is 20.4. The van der Waals surface area contributed by atoms with Gasteiger partial charge in [-0.3, -0.25) is 28.8 Å². The molecule has 1 aliphatic heterocycles. The Bertz CT molecular complexity index is 1940. The molecule has 360 valence electrons. The van der Waals surface area contributed by atoms with Crippen molar-refractivity contribution in [2.45, 2.75) is 145 Å². The summed E-state index contributed by atoms with van der Waals surface area (Å²) in [4.78, 5) is 111. The summed E-state index contributed by atoms with van der Waals surface area (Å²) in [5, 5.41) is 0. The van der Waals surface area contributed by atoms with E-state index >= 15 is 0 Å². The van der Waals surface area contributed by atoms with Gasteiger partial charge in [0.25, 0.3) is 0 Å². The smallest absolute Gasteiger partial charge is 0.333 e. The molecule has 4 aliphatic carbocycles. The van der Waals surface area contributed by atoms with Gasteiger partial charge < -0.3 is 19.3 Å². The van der Waals surface area contributed by atoms with Gasteiger partial charge in [-0.2, -0.15) is 0 Å². The minimum atomic E-state index is -0.925. The Balaban J connectivity index is 1.33. The van der Waals surface area contributed by atoms with Crippen LogP contribution in [0.25, 0.3) is 0 Å². The highest BCUT2D eigenvalue weighted by Crippen LogP contribution is 2.55. The van der Waals surface area contributed by atoms with Crippen LogP contribution in [0.1, 0.15) is 132 Å². The third-order valence-electron chi connectivity index (χ3n) is 15.5. The Kier molecular flexibility index (Phi) is 17.5. The second-order valence-corrected chi connectivity index (χ2v) is 20.4. The van der Waals surface area contributed by atoms with Crippen LogP contribution in [0.15, 0.2) is 70.9 Å². The van der Waals surface area contributed by atoms with E-state index in [4.69, 9.17) is 9.47 Å². The fourth-order valence-corrected chi connectivity index (χ4v) is 11.4. The zero-order valence-corrected chi connectivity index (χ0v) is 40.8. The minimum Gasteiger partial charge on any atom is -0.454 e. The first kappa shape index (κ1) is 52.0. The zero-order chi connectivity index (χ0) is 48.7. The van der Waals surface area contributed by atoms with Crippen LogP contribution in [0.3, 0.4) is 0 Å². The van der Waals surface area contributed by atoms with Crippen molar-refractivity contribution in [1.82, 2.24) is 9.80 Å². The molecular formula is C54H74N2O10. The Morgan fingerprint density at radius 1 is 0.667 bits per heavy atom. The molecule has 0 bridgehead atoms.